The number of Topliss-reactive ketones (excluding diaryl/α,β-unsaturated/α-hetero) is 2. The third-order valence-electron chi connectivity index (χ3n) is 16.6. The molecular formula is C93H136BrKN4O32. The van der Waals surface area contributed by atoms with E-state index in [0.717, 1.165) is 30.2 Å². The minimum absolute atomic E-state index is 0. The van der Waals surface area contributed by atoms with Crippen LogP contribution in [-0.2, 0) is 76.3 Å². The molecule has 5 aromatic carbocycles. The Hall–Kier alpha value is -10.6. The van der Waals surface area contributed by atoms with E-state index in [1.807, 2.05) is 33.8 Å². The first kappa shape index (κ1) is 124. The predicted octanol–water partition coefficient (Wildman–Crippen LogP) is 11.3. The fraction of sp³-hybridized carbons (Fsp3) is 0.527. The Morgan fingerprint density at radius 1 is 0.427 bits per heavy atom. The molecule has 0 spiro atoms. The predicted molar refractivity (Wildman–Crippen MR) is 485 cm³/mol. The summed E-state index contributed by atoms with van der Waals surface area (Å²) in [7, 11) is 20.1. The first-order valence-electron chi connectivity index (χ1n) is 40.8. The molecule has 0 radical (unpaired) electrons. The zero-order chi connectivity index (χ0) is 99.9. The normalized spacial score (nSPS) is 11.8. The number of rotatable bonds is 39. The van der Waals surface area contributed by atoms with E-state index in [4.69, 9.17) is 86.6 Å². The van der Waals surface area contributed by atoms with Crippen molar-refractivity contribution in [2.24, 2.45) is 29.4 Å². The molecule has 0 aromatic heterocycles. The van der Waals surface area contributed by atoms with E-state index in [2.05, 4.69) is 55.2 Å². The summed E-state index contributed by atoms with van der Waals surface area (Å²) in [5.74, 6) is 0.387. The van der Waals surface area contributed by atoms with Crippen LogP contribution in [0.3, 0.4) is 0 Å². The number of carbonyl (C=O) groups excluding carboxylic acids is 11. The number of carboxylic acid groups (broad SMARTS) is 2. The number of alkyl halides is 1. The Balaban J connectivity index is -0.00000155. The van der Waals surface area contributed by atoms with Crippen molar-refractivity contribution in [1.29, 1.82) is 0 Å². The van der Waals surface area contributed by atoms with Crippen LogP contribution in [0.15, 0.2) is 103 Å². The topological polar surface area (TPSA) is 476 Å². The van der Waals surface area contributed by atoms with Gasteiger partial charge in [0, 0.05) is 36.2 Å². The van der Waals surface area contributed by atoms with Gasteiger partial charge in [0.05, 0.1) is 149 Å². The van der Waals surface area contributed by atoms with Crippen LogP contribution >= 0.6 is 15.9 Å². The monoisotopic (exact) mass is 1940 g/mol. The number of hydrogen-bond acceptors (Lipinski definition) is 32. The van der Waals surface area contributed by atoms with E-state index >= 15 is 0 Å². The van der Waals surface area contributed by atoms with Crippen molar-refractivity contribution in [2.75, 3.05) is 111 Å². The molecule has 728 valence electrons. The molecule has 0 saturated carbocycles. The first-order chi connectivity index (χ1) is 60.8. The second kappa shape index (κ2) is 65.8. The van der Waals surface area contributed by atoms with Crippen molar-refractivity contribution < 1.29 is 204 Å². The minimum Gasteiger partial charge on any atom is -0.550 e. The first-order valence-corrected chi connectivity index (χ1v) is 41.9. The summed E-state index contributed by atoms with van der Waals surface area (Å²) >= 11 is 3.31. The van der Waals surface area contributed by atoms with Crippen LogP contribution in [0.5, 0.6) is 57.5 Å². The van der Waals surface area contributed by atoms with E-state index < -0.39 is 107 Å². The summed E-state index contributed by atoms with van der Waals surface area (Å²) in [6.45, 7) is 28.4. The molecule has 0 aliphatic heterocycles. The number of ketones is 2. The molecule has 5 aromatic rings. The molecule has 0 fully saturated rings. The van der Waals surface area contributed by atoms with Gasteiger partial charge in [0.1, 0.15) is 52.8 Å². The number of aliphatic carboxylic acids is 2. The maximum Gasteiger partial charge on any atom is 1.00 e. The van der Waals surface area contributed by atoms with Crippen LogP contribution in [-0.4, -0.2) is 205 Å². The fourth-order valence-electron chi connectivity index (χ4n) is 10.5. The minimum atomic E-state index is -1.42. The van der Waals surface area contributed by atoms with Gasteiger partial charge < -0.3 is 122 Å². The van der Waals surface area contributed by atoms with Crippen LogP contribution in [0.4, 0.5) is 14.4 Å². The molecule has 0 saturated heterocycles. The Morgan fingerprint density at radius 2 is 0.756 bits per heavy atom. The van der Waals surface area contributed by atoms with Gasteiger partial charge in [0.25, 0.3) is 0 Å². The summed E-state index contributed by atoms with van der Waals surface area (Å²) in [5, 5.41) is 27.6. The van der Waals surface area contributed by atoms with Gasteiger partial charge in [-0.2, -0.15) is 0 Å². The van der Waals surface area contributed by atoms with Crippen LogP contribution in [0, 0.1) is 23.7 Å². The molecule has 0 bridgehead atoms. The third kappa shape index (κ3) is 54.1. The summed E-state index contributed by atoms with van der Waals surface area (Å²) in [6, 6.07) is 23.0. The van der Waals surface area contributed by atoms with Crippen LogP contribution in [0.2, 0.25) is 0 Å². The van der Waals surface area contributed by atoms with Crippen molar-refractivity contribution in [1.82, 2.24) is 16.0 Å². The van der Waals surface area contributed by atoms with Gasteiger partial charge in [-0.3, -0.25) is 33.6 Å². The number of halogens is 1. The van der Waals surface area contributed by atoms with Crippen molar-refractivity contribution in [3.63, 3.8) is 0 Å². The van der Waals surface area contributed by atoms with Gasteiger partial charge in [-0.1, -0.05) is 81.7 Å². The summed E-state index contributed by atoms with van der Waals surface area (Å²) in [4.78, 5) is 138. The number of carbonyl (C=O) groups is 12. The number of esters is 4. The second-order valence-corrected chi connectivity index (χ2v) is 32.7. The zero-order valence-corrected chi connectivity index (χ0v) is 86.1. The SMILES string of the molecule is CC(C)CBr.COC(=O)/C=C(/CC(NC(=O)OC(C)(C)C)c1ccc(OC)c(OC)c1)OCC(C)C.COC(=O)C(CC(C)C)C(=O)CC(NC(=O)OC(C)(C)C)c1ccc(OC)c(OC)c1.COC(=O)CC(=O)CC(NC(=O)OC(C)(C)C)c1ccc(OC)c(OC)c1.COC(=O)CC(=O)[O-].COc1ccc(C(N)CC(=O)O)cc1OC.COc1ccc(C=O)cc1OC.[K+]. The molecular weight excluding hydrogens is 1800 g/mol. The number of carboxylic acids is 2. The van der Waals surface area contributed by atoms with Gasteiger partial charge >= 0.3 is 99.5 Å². The average molecular weight is 1940 g/mol. The Kier molecular flexibility index (Phi) is 62.6. The van der Waals surface area contributed by atoms with Crippen LogP contribution in [0.25, 0.3) is 0 Å². The quantitative estimate of drug-likeness (QED) is 0.00356. The van der Waals surface area contributed by atoms with E-state index in [-0.39, 0.29) is 107 Å². The number of alkyl carbamates (subject to hydrolysis) is 3. The van der Waals surface area contributed by atoms with Gasteiger partial charge in [-0.15, -0.1) is 0 Å². The molecule has 6 N–H and O–H groups in total. The number of nitrogens with one attached hydrogen (secondary N) is 3. The summed E-state index contributed by atoms with van der Waals surface area (Å²) in [5.41, 5.74) is 6.91. The number of nitrogens with two attached hydrogens (primary N) is 1. The molecule has 131 heavy (non-hydrogen) atoms. The molecule has 36 nitrogen and oxygen atoms in total. The average Bonchev–Trinajstić information content (AvgIpc) is 0.848. The molecule has 3 amide bonds. The number of benzene rings is 5. The maximum absolute atomic E-state index is 13.1. The number of ether oxygens (including phenoxy) is 18. The van der Waals surface area contributed by atoms with Crippen LogP contribution in [0.1, 0.15) is 206 Å². The zero-order valence-electron chi connectivity index (χ0n) is 81.4. The van der Waals surface area contributed by atoms with E-state index in [0.29, 0.717) is 98.5 Å². The fourth-order valence-corrected chi connectivity index (χ4v) is 10.5. The second-order valence-electron chi connectivity index (χ2n) is 32.1. The maximum atomic E-state index is 13.1. The Bertz CT molecular complexity index is 4380. The molecule has 0 aliphatic rings. The standard InChI is InChI=1S/2C23H35NO7.C19H27NO7.C11H15NO4.C9H10O3.C4H9Br.C4H6O4.K/c1-15(2)14-30-17(13-21(25)29-8)12-18(24-22(26)31-23(3,4)5)16-9-10-19(27-6)20(11-16)28-7;1-14(2)11-16(21(26)30-8)18(25)13-17(24-22(27)31-23(3,4)5)15-9-10-19(28-6)20(12-15)29-7;1-19(2,3)27-18(23)20-14(10-13(21)11-17(22)26-6)12-7-8-15(24-4)16(9-12)25-5;1-15-9-4-3-7(5-10(9)16-2)8(12)6-11(13)14;1-11-8-4-3-7(6-10)5-9(8)12-2;1-4(2)3-5;1-8-4(7)2-3(5)6;/h9-11,13,15,18H,12,14H2,1-8H3,(H,24,26);9-10,12,14,16-17H,11,13H2,1-8H3,(H,24,27);7-9,14H,10-11H2,1-6H3,(H,20,23);3-5,8H,6,12H2,1-2H3,(H,13,14);3-6H,1-2H3;4H,3H2,1-2H3;2H2,1H3,(H,5,6);/q;;;;;;;+1/p-1/b17-13-;;;;;;;. The van der Waals surface area contributed by atoms with Crippen molar-refractivity contribution in [3.05, 3.63) is 131 Å². The number of hydrogen-bond donors (Lipinski definition) is 5. The smallest absolute Gasteiger partial charge is 0.550 e. The Morgan fingerprint density at radius 3 is 1.05 bits per heavy atom. The molecule has 5 rings (SSSR count). The van der Waals surface area contributed by atoms with Crippen molar-refractivity contribution in [3.8, 4) is 57.5 Å². The van der Waals surface area contributed by atoms with E-state index in [9.17, 15) is 62.6 Å². The third-order valence-corrected chi connectivity index (χ3v) is 17.9. The molecule has 5 atom stereocenters. The number of aldehydes is 1. The largest absolute Gasteiger partial charge is 1.00 e. The van der Waals surface area contributed by atoms with E-state index in [1.165, 1.54) is 84.3 Å². The molecule has 0 heterocycles. The van der Waals surface area contributed by atoms with Gasteiger partial charge in [-0.05, 0) is 175 Å². The summed E-state index contributed by atoms with van der Waals surface area (Å²) < 4.78 is 91.9. The summed E-state index contributed by atoms with van der Waals surface area (Å²) in [6.07, 6.45) is -0.699. The molecule has 0 aliphatic carbocycles. The van der Waals surface area contributed by atoms with Gasteiger partial charge in [0.2, 0.25) is 0 Å². The molecule has 38 heteroatoms. The van der Waals surface area contributed by atoms with Crippen LogP contribution < -0.4 is 126 Å². The molecule has 5 unspecified atom stereocenters. The van der Waals surface area contributed by atoms with Gasteiger partial charge in [-0.25, -0.2) is 19.2 Å². The number of methoxy groups -OCH3 is 14. The van der Waals surface area contributed by atoms with Crippen molar-refractivity contribution >= 4 is 87.9 Å². The van der Waals surface area contributed by atoms with E-state index in [1.54, 1.807) is 161 Å². The number of amides is 3. The Labute approximate surface area is 820 Å². The van der Waals surface area contributed by atoms with Crippen molar-refractivity contribution in [2.45, 2.75) is 190 Å². The van der Waals surface area contributed by atoms with Gasteiger partial charge in [0.15, 0.2) is 57.5 Å².